The molecular formula is C15H11ClN2O4. The quantitative estimate of drug-likeness (QED) is 0.734. The molecule has 0 unspecified atom stereocenters. The van der Waals surface area contributed by atoms with Gasteiger partial charge in [0.05, 0.1) is 23.5 Å². The largest absolute Gasteiger partial charge is 0.495 e. The molecule has 0 radical (unpaired) electrons. The van der Waals surface area contributed by atoms with Crippen LogP contribution in [-0.2, 0) is 7.05 Å². The van der Waals surface area contributed by atoms with Crippen LogP contribution in [0.5, 0.6) is 5.75 Å². The number of aromatic nitrogens is 2. The van der Waals surface area contributed by atoms with Crippen LogP contribution in [0.4, 0.5) is 0 Å². The van der Waals surface area contributed by atoms with Gasteiger partial charge in [-0.25, -0.2) is 9.78 Å². The van der Waals surface area contributed by atoms with E-state index in [1.807, 2.05) is 0 Å². The number of hydrogen-bond acceptors (Lipinski definition) is 4. The molecule has 6 nitrogen and oxygen atoms in total. The lowest BCUT2D eigenvalue weighted by Gasteiger charge is -2.09. The van der Waals surface area contributed by atoms with Crippen LogP contribution in [0.25, 0.3) is 21.8 Å². The van der Waals surface area contributed by atoms with E-state index in [4.69, 9.17) is 16.3 Å². The first-order chi connectivity index (χ1) is 10.4. The second-order valence-electron chi connectivity index (χ2n) is 4.80. The van der Waals surface area contributed by atoms with Gasteiger partial charge in [0.1, 0.15) is 16.3 Å². The van der Waals surface area contributed by atoms with Gasteiger partial charge in [-0.1, -0.05) is 11.6 Å². The number of pyridine rings is 2. The molecule has 0 aliphatic rings. The highest BCUT2D eigenvalue weighted by Crippen LogP contribution is 2.33. The van der Waals surface area contributed by atoms with Crippen molar-refractivity contribution in [3.8, 4) is 5.75 Å². The third-order valence-corrected chi connectivity index (χ3v) is 3.83. The zero-order chi connectivity index (χ0) is 16.0. The van der Waals surface area contributed by atoms with Crippen molar-refractivity contribution in [3.63, 3.8) is 0 Å². The van der Waals surface area contributed by atoms with Gasteiger partial charge >= 0.3 is 5.97 Å². The zero-order valence-electron chi connectivity index (χ0n) is 11.8. The lowest BCUT2D eigenvalue weighted by atomic mass is 10.1. The van der Waals surface area contributed by atoms with E-state index in [2.05, 4.69) is 4.98 Å². The van der Waals surface area contributed by atoms with Crippen molar-refractivity contribution < 1.29 is 14.6 Å². The predicted octanol–water partition coefficient (Wildman–Crippen LogP) is 2.45. The third-order valence-electron chi connectivity index (χ3n) is 3.47. The van der Waals surface area contributed by atoms with Crippen molar-refractivity contribution in [1.29, 1.82) is 0 Å². The maximum atomic E-state index is 12.2. The summed E-state index contributed by atoms with van der Waals surface area (Å²) in [6, 6.07) is 4.99. The van der Waals surface area contributed by atoms with Crippen LogP contribution in [0.2, 0.25) is 5.02 Å². The molecule has 0 fully saturated rings. The Labute approximate surface area is 129 Å². The van der Waals surface area contributed by atoms with Crippen molar-refractivity contribution in [2.45, 2.75) is 0 Å². The minimum atomic E-state index is -1.16. The van der Waals surface area contributed by atoms with Crippen LogP contribution < -0.4 is 10.3 Å². The van der Waals surface area contributed by atoms with Gasteiger partial charge in [-0.3, -0.25) is 4.79 Å². The summed E-state index contributed by atoms with van der Waals surface area (Å²) < 4.78 is 6.36. The first-order valence-electron chi connectivity index (χ1n) is 6.34. The summed E-state index contributed by atoms with van der Waals surface area (Å²) in [6.07, 6.45) is 1.25. The van der Waals surface area contributed by atoms with Crippen LogP contribution in [0.15, 0.2) is 29.2 Å². The minimum absolute atomic E-state index is 0.0575. The van der Waals surface area contributed by atoms with Gasteiger partial charge in [0.15, 0.2) is 0 Å². The lowest BCUT2D eigenvalue weighted by molar-refractivity contribution is 0.0698. The maximum Gasteiger partial charge on any atom is 0.339 e. The van der Waals surface area contributed by atoms with Crippen molar-refractivity contribution in [2.24, 2.45) is 7.05 Å². The molecule has 0 aliphatic heterocycles. The molecule has 0 bridgehead atoms. The SMILES string of the molecule is COc1ccc2cc3c(=O)n(C)cc(C(=O)O)c3nc2c1Cl. The summed E-state index contributed by atoms with van der Waals surface area (Å²) in [7, 11) is 2.98. The Hall–Kier alpha value is -2.60. The lowest BCUT2D eigenvalue weighted by Crippen LogP contribution is -2.19. The van der Waals surface area contributed by atoms with Gasteiger partial charge in [0.25, 0.3) is 5.56 Å². The number of carbonyl (C=O) groups is 1. The normalized spacial score (nSPS) is 11.0. The molecule has 0 amide bonds. The van der Waals surface area contributed by atoms with Crippen LogP contribution >= 0.6 is 11.6 Å². The Balaban J connectivity index is 2.55. The van der Waals surface area contributed by atoms with Gasteiger partial charge < -0.3 is 14.4 Å². The Morgan fingerprint density at radius 1 is 1.36 bits per heavy atom. The maximum absolute atomic E-state index is 12.2. The molecule has 0 saturated carbocycles. The van der Waals surface area contributed by atoms with E-state index in [0.29, 0.717) is 16.7 Å². The Bertz CT molecular complexity index is 994. The Morgan fingerprint density at radius 3 is 2.73 bits per heavy atom. The number of carboxylic acids is 1. The highest BCUT2D eigenvalue weighted by molar-refractivity contribution is 6.36. The fourth-order valence-corrected chi connectivity index (χ4v) is 2.66. The number of fused-ring (bicyclic) bond motifs is 2. The molecule has 3 rings (SSSR count). The van der Waals surface area contributed by atoms with Crippen LogP contribution in [-0.4, -0.2) is 27.7 Å². The summed E-state index contributed by atoms with van der Waals surface area (Å²) in [6.45, 7) is 0. The Morgan fingerprint density at radius 2 is 2.09 bits per heavy atom. The second kappa shape index (κ2) is 4.99. The topological polar surface area (TPSA) is 81.4 Å². The number of methoxy groups -OCH3 is 1. The average molecular weight is 319 g/mol. The molecule has 1 aromatic carbocycles. The molecule has 112 valence electrons. The van der Waals surface area contributed by atoms with E-state index < -0.39 is 5.97 Å². The number of aromatic carboxylic acids is 1. The second-order valence-corrected chi connectivity index (χ2v) is 5.18. The minimum Gasteiger partial charge on any atom is -0.495 e. The molecule has 0 atom stereocenters. The molecule has 3 aromatic rings. The van der Waals surface area contributed by atoms with E-state index >= 15 is 0 Å². The van der Waals surface area contributed by atoms with Crippen LogP contribution in [0.1, 0.15) is 10.4 Å². The van der Waals surface area contributed by atoms with E-state index in [1.165, 1.54) is 24.9 Å². The van der Waals surface area contributed by atoms with Gasteiger partial charge in [-0.15, -0.1) is 0 Å². The molecule has 0 aliphatic carbocycles. The number of halogens is 1. The fraction of sp³-hybridized carbons (Fsp3) is 0.133. The monoisotopic (exact) mass is 318 g/mol. The van der Waals surface area contributed by atoms with Crippen molar-refractivity contribution in [1.82, 2.24) is 9.55 Å². The number of carboxylic acid groups (broad SMARTS) is 1. The number of ether oxygens (including phenoxy) is 1. The highest BCUT2D eigenvalue weighted by Gasteiger charge is 2.17. The number of nitrogens with zero attached hydrogens (tertiary/aromatic N) is 2. The number of rotatable bonds is 2. The summed E-state index contributed by atoms with van der Waals surface area (Å²) in [5.74, 6) is -0.729. The van der Waals surface area contributed by atoms with Crippen molar-refractivity contribution >= 4 is 39.4 Å². The summed E-state index contributed by atoms with van der Waals surface area (Å²) in [4.78, 5) is 27.9. The van der Waals surface area contributed by atoms with Gasteiger partial charge in [-0.2, -0.15) is 0 Å². The van der Waals surface area contributed by atoms with Gasteiger partial charge in [0.2, 0.25) is 0 Å². The van der Waals surface area contributed by atoms with E-state index in [0.717, 1.165) is 0 Å². The highest BCUT2D eigenvalue weighted by atomic mass is 35.5. The fourth-order valence-electron chi connectivity index (χ4n) is 2.37. The molecule has 7 heteroatoms. The first-order valence-corrected chi connectivity index (χ1v) is 6.71. The standard InChI is InChI=1S/C15H11ClN2O4/c1-18-6-9(15(20)21)13-8(14(18)19)5-7-3-4-10(22-2)11(16)12(7)17-13/h3-6H,1-2H3,(H,20,21). The summed E-state index contributed by atoms with van der Waals surface area (Å²) in [5.41, 5.74) is 0.127. The van der Waals surface area contributed by atoms with Crippen molar-refractivity contribution in [2.75, 3.05) is 7.11 Å². The number of hydrogen-bond donors (Lipinski definition) is 1. The predicted molar refractivity (Wildman–Crippen MR) is 83.0 cm³/mol. The van der Waals surface area contributed by atoms with Crippen molar-refractivity contribution in [3.05, 3.63) is 45.3 Å². The average Bonchev–Trinajstić information content (AvgIpc) is 2.50. The third kappa shape index (κ3) is 2.00. The van der Waals surface area contributed by atoms with E-state index in [9.17, 15) is 14.7 Å². The smallest absolute Gasteiger partial charge is 0.339 e. The van der Waals surface area contributed by atoms with Gasteiger partial charge in [0, 0.05) is 18.6 Å². The molecule has 1 N–H and O–H groups in total. The molecule has 0 spiro atoms. The number of benzene rings is 1. The van der Waals surface area contributed by atoms with E-state index in [-0.39, 0.29) is 27.0 Å². The van der Waals surface area contributed by atoms with Crippen LogP contribution in [0.3, 0.4) is 0 Å². The van der Waals surface area contributed by atoms with E-state index in [1.54, 1.807) is 18.2 Å². The molecule has 0 saturated heterocycles. The first kappa shape index (κ1) is 14.3. The Kier molecular flexibility index (Phi) is 3.26. The molecule has 2 aromatic heterocycles. The van der Waals surface area contributed by atoms with Crippen LogP contribution in [0, 0.1) is 0 Å². The zero-order valence-corrected chi connectivity index (χ0v) is 12.5. The molecular weight excluding hydrogens is 308 g/mol. The number of aryl methyl sites for hydroxylation is 1. The molecule has 22 heavy (non-hydrogen) atoms. The summed E-state index contributed by atoms with van der Waals surface area (Å²) >= 11 is 6.23. The van der Waals surface area contributed by atoms with Gasteiger partial charge in [-0.05, 0) is 18.2 Å². The molecule has 2 heterocycles. The summed E-state index contributed by atoms with van der Waals surface area (Å²) in [5, 5.41) is 10.5.